The van der Waals surface area contributed by atoms with Crippen LogP contribution < -0.4 is 5.32 Å². The predicted molar refractivity (Wildman–Crippen MR) is 86.7 cm³/mol. The van der Waals surface area contributed by atoms with Crippen LogP contribution in [0.2, 0.25) is 0 Å². The van der Waals surface area contributed by atoms with Crippen LogP contribution in [0.15, 0.2) is 42.5 Å². The molecule has 1 amide bonds. The maximum Gasteiger partial charge on any atom is 0.326 e. The number of fused-ring (bicyclic) bond motifs is 1. The van der Waals surface area contributed by atoms with Gasteiger partial charge in [0.15, 0.2) is 0 Å². The van der Waals surface area contributed by atoms with Crippen LogP contribution in [-0.4, -0.2) is 23.0 Å². The van der Waals surface area contributed by atoms with E-state index in [4.69, 9.17) is 5.11 Å². The summed E-state index contributed by atoms with van der Waals surface area (Å²) >= 11 is 0. The summed E-state index contributed by atoms with van der Waals surface area (Å²) < 4.78 is 0. The van der Waals surface area contributed by atoms with Crippen molar-refractivity contribution in [2.24, 2.45) is 5.92 Å². The van der Waals surface area contributed by atoms with Crippen molar-refractivity contribution in [2.75, 3.05) is 0 Å². The van der Waals surface area contributed by atoms with Crippen molar-refractivity contribution in [3.05, 3.63) is 48.0 Å². The molecule has 2 N–H and O–H groups in total. The van der Waals surface area contributed by atoms with Gasteiger partial charge in [0.1, 0.15) is 6.04 Å². The molecule has 0 spiro atoms. The van der Waals surface area contributed by atoms with E-state index in [0.717, 1.165) is 10.9 Å². The van der Waals surface area contributed by atoms with Gasteiger partial charge in [-0.05, 0) is 28.7 Å². The quantitative estimate of drug-likeness (QED) is 0.861. The number of benzene rings is 2. The average molecular weight is 299 g/mol. The van der Waals surface area contributed by atoms with Crippen LogP contribution in [0.4, 0.5) is 0 Å². The maximum atomic E-state index is 11.9. The number of rotatable bonds is 6. The first-order valence-corrected chi connectivity index (χ1v) is 7.47. The van der Waals surface area contributed by atoms with E-state index in [0.29, 0.717) is 6.42 Å². The fourth-order valence-electron chi connectivity index (χ4n) is 2.41. The van der Waals surface area contributed by atoms with Crippen LogP contribution in [0, 0.1) is 5.92 Å². The Hall–Kier alpha value is -2.36. The third kappa shape index (κ3) is 4.07. The lowest BCUT2D eigenvalue weighted by molar-refractivity contribution is -0.143. The zero-order valence-electron chi connectivity index (χ0n) is 12.9. The summed E-state index contributed by atoms with van der Waals surface area (Å²) in [7, 11) is 0. The number of carbonyl (C=O) groups is 2. The Bertz CT molecular complexity index is 679. The summed E-state index contributed by atoms with van der Waals surface area (Å²) in [5.74, 6) is -1.36. The monoisotopic (exact) mass is 299 g/mol. The summed E-state index contributed by atoms with van der Waals surface area (Å²) in [5, 5.41) is 14.0. The first-order chi connectivity index (χ1) is 10.5. The van der Waals surface area contributed by atoms with Crippen LogP contribution in [0.3, 0.4) is 0 Å². The van der Waals surface area contributed by atoms with E-state index in [-0.39, 0.29) is 18.2 Å². The molecule has 0 aliphatic rings. The van der Waals surface area contributed by atoms with Gasteiger partial charge >= 0.3 is 5.97 Å². The summed E-state index contributed by atoms with van der Waals surface area (Å²) in [5.41, 5.74) is 1.07. The van der Waals surface area contributed by atoms with Gasteiger partial charge in [-0.15, -0.1) is 0 Å². The third-order valence-corrected chi connectivity index (χ3v) is 3.70. The molecule has 2 aromatic carbocycles. The van der Waals surface area contributed by atoms with E-state index in [2.05, 4.69) is 11.4 Å². The van der Waals surface area contributed by atoms with Crippen LogP contribution >= 0.6 is 0 Å². The number of carbonyl (C=O) groups excluding carboxylic acids is 1. The fourth-order valence-corrected chi connectivity index (χ4v) is 2.41. The highest BCUT2D eigenvalue weighted by molar-refractivity contribution is 5.85. The van der Waals surface area contributed by atoms with Crippen LogP contribution in [0.5, 0.6) is 0 Å². The van der Waals surface area contributed by atoms with Gasteiger partial charge < -0.3 is 10.4 Å². The molecule has 0 saturated heterocycles. The molecule has 0 fully saturated rings. The molecular formula is C18H21NO3. The molecule has 4 nitrogen and oxygen atoms in total. The number of aryl methyl sites for hydroxylation is 1. The number of carboxylic acids is 1. The maximum absolute atomic E-state index is 11.9. The number of hydrogen-bond donors (Lipinski definition) is 2. The highest BCUT2D eigenvalue weighted by atomic mass is 16.4. The standard InChI is InChI=1S/C18H21NO3/c1-12(2)17(18(21)22)19-16(20)10-8-13-7-9-14-5-3-4-6-15(14)11-13/h3-7,9,11-12,17H,8,10H2,1-2H3,(H,19,20)(H,21,22)/t17-/m1/s1. The molecule has 0 aliphatic carbocycles. The topological polar surface area (TPSA) is 66.4 Å². The summed E-state index contributed by atoms with van der Waals surface area (Å²) in [6.45, 7) is 3.56. The smallest absolute Gasteiger partial charge is 0.326 e. The van der Waals surface area contributed by atoms with E-state index in [1.165, 1.54) is 5.39 Å². The van der Waals surface area contributed by atoms with E-state index in [9.17, 15) is 9.59 Å². The molecular weight excluding hydrogens is 278 g/mol. The molecule has 0 saturated carbocycles. The van der Waals surface area contributed by atoms with Crippen molar-refractivity contribution >= 4 is 22.6 Å². The second-order valence-corrected chi connectivity index (χ2v) is 5.81. The lowest BCUT2D eigenvalue weighted by Gasteiger charge is -2.17. The van der Waals surface area contributed by atoms with Gasteiger partial charge in [0.2, 0.25) is 5.91 Å². The predicted octanol–water partition coefficient (Wildman–Crippen LogP) is 3.00. The Morgan fingerprint density at radius 2 is 1.77 bits per heavy atom. The Kier molecular flexibility index (Phi) is 5.15. The van der Waals surface area contributed by atoms with Gasteiger partial charge in [0, 0.05) is 6.42 Å². The van der Waals surface area contributed by atoms with Crippen molar-refractivity contribution in [1.29, 1.82) is 0 Å². The van der Waals surface area contributed by atoms with Crippen molar-refractivity contribution in [2.45, 2.75) is 32.7 Å². The molecule has 0 aromatic heterocycles. The fraction of sp³-hybridized carbons (Fsp3) is 0.333. The van der Waals surface area contributed by atoms with E-state index < -0.39 is 12.0 Å². The van der Waals surface area contributed by atoms with Gasteiger partial charge in [-0.1, -0.05) is 56.3 Å². The molecule has 0 unspecified atom stereocenters. The first-order valence-electron chi connectivity index (χ1n) is 7.47. The van der Waals surface area contributed by atoms with Gasteiger partial charge in [-0.2, -0.15) is 0 Å². The number of amides is 1. The lowest BCUT2D eigenvalue weighted by Crippen LogP contribution is -2.44. The number of hydrogen-bond acceptors (Lipinski definition) is 2. The Morgan fingerprint density at radius 3 is 2.41 bits per heavy atom. The second-order valence-electron chi connectivity index (χ2n) is 5.81. The van der Waals surface area contributed by atoms with Gasteiger partial charge in [0.05, 0.1) is 0 Å². The average Bonchev–Trinajstić information content (AvgIpc) is 2.49. The first kappa shape index (κ1) is 16.0. The normalized spacial score (nSPS) is 12.3. The molecule has 2 rings (SSSR count). The van der Waals surface area contributed by atoms with Gasteiger partial charge in [-0.25, -0.2) is 4.79 Å². The Balaban J connectivity index is 1.96. The van der Waals surface area contributed by atoms with Crippen molar-refractivity contribution in [3.8, 4) is 0 Å². The number of carboxylic acid groups (broad SMARTS) is 1. The summed E-state index contributed by atoms with van der Waals surface area (Å²) in [4.78, 5) is 23.0. The molecule has 2 aromatic rings. The Morgan fingerprint density at radius 1 is 1.09 bits per heavy atom. The van der Waals surface area contributed by atoms with E-state index in [1.54, 1.807) is 13.8 Å². The molecule has 0 bridgehead atoms. The molecule has 116 valence electrons. The number of aliphatic carboxylic acids is 1. The van der Waals surface area contributed by atoms with E-state index >= 15 is 0 Å². The highest BCUT2D eigenvalue weighted by Crippen LogP contribution is 2.16. The third-order valence-electron chi connectivity index (χ3n) is 3.70. The molecule has 1 atom stereocenters. The molecule has 4 heteroatoms. The van der Waals surface area contributed by atoms with Crippen LogP contribution in [-0.2, 0) is 16.0 Å². The van der Waals surface area contributed by atoms with Gasteiger partial charge in [0.25, 0.3) is 0 Å². The van der Waals surface area contributed by atoms with Crippen LogP contribution in [0.25, 0.3) is 10.8 Å². The minimum atomic E-state index is -0.992. The molecule has 22 heavy (non-hydrogen) atoms. The van der Waals surface area contributed by atoms with Crippen molar-refractivity contribution < 1.29 is 14.7 Å². The number of nitrogens with one attached hydrogen (secondary N) is 1. The highest BCUT2D eigenvalue weighted by Gasteiger charge is 2.22. The summed E-state index contributed by atoms with van der Waals surface area (Å²) in [6.07, 6.45) is 0.885. The minimum absolute atomic E-state index is 0.137. The zero-order chi connectivity index (χ0) is 16.1. The Labute approximate surface area is 130 Å². The lowest BCUT2D eigenvalue weighted by atomic mass is 10.0. The SMILES string of the molecule is CC(C)[C@@H](NC(=O)CCc1ccc2ccccc2c1)C(=O)O. The molecule has 0 aliphatic heterocycles. The molecule has 0 heterocycles. The van der Waals surface area contributed by atoms with Gasteiger partial charge in [-0.3, -0.25) is 4.79 Å². The zero-order valence-corrected chi connectivity index (χ0v) is 12.9. The van der Waals surface area contributed by atoms with Crippen LogP contribution in [0.1, 0.15) is 25.8 Å². The van der Waals surface area contributed by atoms with Crippen molar-refractivity contribution in [3.63, 3.8) is 0 Å². The van der Waals surface area contributed by atoms with Crippen molar-refractivity contribution in [1.82, 2.24) is 5.32 Å². The largest absolute Gasteiger partial charge is 0.480 e. The molecule has 0 radical (unpaired) electrons. The van der Waals surface area contributed by atoms with E-state index in [1.807, 2.05) is 36.4 Å². The second kappa shape index (κ2) is 7.07. The summed E-state index contributed by atoms with van der Waals surface area (Å²) in [6, 6.07) is 13.4. The minimum Gasteiger partial charge on any atom is -0.480 e.